The molecule has 3 aliphatic heterocycles. The Labute approximate surface area is 381 Å². The predicted octanol–water partition coefficient (Wildman–Crippen LogP) is 8.03. The first-order valence-corrected chi connectivity index (χ1v) is 25.3. The lowest BCUT2D eigenvalue weighted by molar-refractivity contribution is -0.134. The molecule has 338 valence electrons. The third kappa shape index (κ3) is 9.80. The number of hydrogen-bond acceptors (Lipinski definition) is 12. The zero-order chi connectivity index (χ0) is 45.3. The van der Waals surface area contributed by atoms with Crippen LogP contribution in [0.15, 0.2) is 59.3 Å². The first-order chi connectivity index (χ1) is 30.7. The van der Waals surface area contributed by atoms with E-state index in [4.69, 9.17) is 9.72 Å². The average molecular weight is 959 g/mol. The highest BCUT2D eigenvalue weighted by atomic mass is 79.9. The minimum absolute atomic E-state index is 0.0645. The van der Waals surface area contributed by atoms with Crippen molar-refractivity contribution in [2.24, 2.45) is 0 Å². The number of piperazine rings is 1. The topological polar surface area (TPSA) is 145 Å². The summed E-state index contributed by atoms with van der Waals surface area (Å²) in [5.41, 5.74) is 4.98. The van der Waals surface area contributed by atoms with E-state index in [2.05, 4.69) is 75.6 Å². The summed E-state index contributed by atoms with van der Waals surface area (Å²) in [6.45, 7) is 13.8. The van der Waals surface area contributed by atoms with Crippen LogP contribution in [0.3, 0.4) is 0 Å². The first-order valence-electron chi connectivity index (χ1n) is 21.9. The van der Waals surface area contributed by atoms with E-state index in [-0.39, 0.29) is 18.4 Å². The number of amides is 2. The highest BCUT2D eigenvalue weighted by Crippen LogP contribution is 2.43. The Balaban J connectivity index is 0.873. The van der Waals surface area contributed by atoms with Crippen LogP contribution >= 0.6 is 23.1 Å². The van der Waals surface area contributed by atoms with Crippen molar-refractivity contribution >= 4 is 79.8 Å². The molecule has 3 fully saturated rings. The lowest BCUT2D eigenvalue weighted by Gasteiger charge is -2.43. The fourth-order valence-corrected chi connectivity index (χ4v) is 11.3. The van der Waals surface area contributed by atoms with Gasteiger partial charge < -0.3 is 29.7 Å². The molecular formula is C47H55BrF2N9O4P. The molecule has 0 spiro atoms. The molecule has 3 N–H and O–H groups in total. The van der Waals surface area contributed by atoms with Crippen LogP contribution in [0.2, 0.25) is 0 Å². The van der Waals surface area contributed by atoms with Gasteiger partial charge in [-0.3, -0.25) is 24.8 Å². The largest absolute Gasteiger partial charge is 0.494 e. The van der Waals surface area contributed by atoms with Gasteiger partial charge in [-0.15, -0.1) is 0 Å². The zero-order valence-corrected chi connectivity index (χ0v) is 39.4. The van der Waals surface area contributed by atoms with E-state index in [1.54, 1.807) is 32.8 Å². The number of nitrogens with one attached hydrogen (secondary N) is 3. The molecule has 1 unspecified atom stereocenters. The van der Waals surface area contributed by atoms with E-state index in [1.165, 1.54) is 17.7 Å². The number of carbonyl (C=O) groups is 2. The second-order valence-electron chi connectivity index (χ2n) is 17.3. The molecule has 64 heavy (non-hydrogen) atoms. The Hall–Kier alpha value is -5.02. The monoisotopic (exact) mass is 957 g/mol. The van der Waals surface area contributed by atoms with Gasteiger partial charge in [0.2, 0.25) is 17.8 Å². The van der Waals surface area contributed by atoms with E-state index >= 15 is 8.78 Å². The van der Waals surface area contributed by atoms with Crippen LogP contribution in [0.1, 0.15) is 60.9 Å². The molecule has 3 aliphatic rings. The Kier molecular flexibility index (Phi) is 13.7. The molecule has 13 nitrogen and oxygen atoms in total. The number of piperidine rings is 2. The number of halogens is 3. The summed E-state index contributed by atoms with van der Waals surface area (Å²) >= 11 is 3.61. The fourth-order valence-electron chi connectivity index (χ4n) is 9.48. The number of fused-ring (bicyclic) bond motifs is 1. The van der Waals surface area contributed by atoms with Crippen LogP contribution in [0.25, 0.3) is 10.8 Å². The number of rotatable bonds is 13. The molecule has 1 atom stereocenters. The Morgan fingerprint density at radius 3 is 2.33 bits per heavy atom. The number of carbonyl (C=O) groups excluding carboxylic acids is 2. The molecule has 3 saturated heterocycles. The van der Waals surface area contributed by atoms with Crippen molar-refractivity contribution in [3.63, 3.8) is 0 Å². The van der Waals surface area contributed by atoms with Gasteiger partial charge in [0.05, 0.1) is 28.9 Å². The number of aromatic nitrogens is 3. The number of nitrogens with zero attached hydrogens (tertiary/aromatic N) is 6. The quantitative estimate of drug-likeness (QED) is 0.0777. The van der Waals surface area contributed by atoms with Crippen LogP contribution < -0.4 is 30.9 Å². The van der Waals surface area contributed by atoms with Crippen LogP contribution in [-0.4, -0.2) is 109 Å². The van der Waals surface area contributed by atoms with Crippen LogP contribution in [0.4, 0.5) is 37.6 Å². The van der Waals surface area contributed by atoms with Crippen molar-refractivity contribution in [2.75, 3.05) is 81.8 Å². The number of pyridine rings is 1. The molecule has 5 aromatic rings. The maximum atomic E-state index is 15.1. The van der Waals surface area contributed by atoms with Crippen molar-refractivity contribution in [3.05, 3.63) is 93.3 Å². The Morgan fingerprint density at radius 1 is 0.922 bits per heavy atom. The smallest absolute Gasteiger partial charge is 0.234 e. The second-order valence-corrected chi connectivity index (χ2v) is 21.3. The van der Waals surface area contributed by atoms with Gasteiger partial charge in [0.25, 0.3) is 0 Å². The van der Waals surface area contributed by atoms with Crippen molar-refractivity contribution in [3.8, 4) is 5.75 Å². The highest BCUT2D eigenvalue weighted by molar-refractivity contribution is 9.10. The summed E-state index contributed by atoms with van der Waals surface area (Å²) in [6.07, 6.45) is 6.99. The first kappa shape index (κ1) is 45.5. The normalized spacial score (nSPS) is 18.1. The summed E-state index contributed by atoms with van der Waals surface area (Å²) in [7, 11) is -1.06. The van der Waals surface area contributed by atoms with Crippen molar-refractivity contribution in [1.82, 2.24) is 30.1 Å². The lowest BCUT2D eigenvalue weighted by atomic mass is 9.89. The van der Waals surface area contributed by atoms with E-state index in [9.17, 15) is 14.2 Å². The van der Waals surface area contributed by atoms with Crippen LogP contribution in [0.5, 0.6) is 5.75 Å². The molecule has 17 heteroatoms. The van der Waals surface area contributed by atoms with Crippen LogP contribution in [0, 0.1) is 18.6 Å². The third-order valence-corrected chi connectivity index (χ3v) is 15.0. The van der Waals surface area contributed by atoms with E-state index < -0.39 is 36.5 Å². The SMILES string of the molecule is CCc1cc(Nc2ncc(Br)c(Nc3ccc4c(C)nccc4c3P(C)(C)=O)n2)c(OC)cc1N1CCC(N2CCN(CCc3cc(F)c(C4CCC(=O)NC4=O)c(F)c3)CC2)CC1. The molecule has 0 aliphatic carbocycles. The lowest BCUT2D eigenvalue weighted by Crippen LogP contribution is -2.53. The van der Waals surface area contributed by atoms with Gasteiger partial charge >= 0.3 is 0 Å². The number of benzene rings is 3. The number of methoxy groups -OCH3 is 1. The number of ether oxygens (including phenoxy) is 1. The standard InChI is InChI=1S/C47H55BrF2N9O4P/c1-6-30-25-39(54-47-52-27-35(48)45(56-47)53-38-9-7-32-28(2)51-15-11-33(32)44(38)64(4,5)62)41(63-3)26-40(30)59-17-13-31(14-18-59)58-21-19-57(20-22-58)16-12-29-23-36(49)43(37(50)24-29)34-8-10-42(60)55-46(34)61/h7,9,11,15,23-27,31,34H,6,8,10,12-14,16-22H2,1-5H3,(H,55,60,61)(H2,52,53,54,56). The van der Waals surface area contributed by atoms with Gasteiger partial charge in [-0.1, -0.05) is 13.0 Å². The summed E-state index contributed by atoms with van der Waals surface area (Å²) in [5.74, 6) is -1.94. The van der Waals surface area contributed by atoms with Gasteiger partial charge in [-0.25, -0.2) is 13.8 Å². The number of imide groups is 1. The number of hydrogen-bond donors (Lipinski definition) is 3. The third-order valence-electron chi connectivity index (χ3n) is 12.9. The molecule has 0 radical (unpaired) electrons. The maximum Gasteiger partial charge on any atom is 0.234 e. The van der Waals surface area contributed by atoms with E-state index in [1.807, 2.05) is 25.1 Å². The van der Waals surface area contributed by atoms with Crippen molar-refractivity contribution < 1.29 is 27.7 Å². The van der Waals surface area contributed by atoms with Gasteiger partial charge in [-0.05, 0) is 115 Å². The summed E-state index contributed by atoms with van der Waals surface area (Å²) in [5, 5.41) is 11.6. The summed E-state index contributed by atoms with van der Waals surface area (Å²) in [4.78, 5) is 45.0. The summed E-state index contributed by atoms with van der Waals surface area (Å²) in [6, 6.07) is 13.2. The minimum atomic E-state index is -2.73. The molecule has 8 rings (SSSR count). The van der Waals surface area contributed by atoms with Gasteiger partial charge in [0, 0.05) is 104 Å². The van der Waals surface area contributed by atoms with Crippen molar-refractivity contribution in [2.45, 2.75) is 64.3 Å². The minimum Gasteiger partial charge on any atom is -0.494 e. The average Bonchev–Trinajstić information content (AvgIpc) is 3.27. The molecule has 2 amide bonds. The molecule has 2 aromatic heterocycles. The van der Waals surface area contributed by atoms with Crippen molar-refractivity contribution in [1.29, 1.82) is 0 Å². The molecule has 0 bridgehead atoms. The maximum absolute atomic E-state index is 15.1. The fraction of sp³-hybridized carbons (Fsp3) is 0.426. The molecule has 0 saturated carbocycles. The molecular weight excluding hydrogens is 903 g/mol. The molecule has 3 aromatic carbocycles. The second kappa shape index (κ2) is 19.2. The Bertz CT molecular complexity index is 2610. The van der Waals surface area contributed by atoms with E-state index in [0.717, 1.165) is 91.7 Å². The Morgan fingerprint density at radius 2 is 1.66 bits per heavy atom. The van der Waals surface area contributed by atoms with E-state index in [0.29, 0.717) is 52.2 Å². The van der Waals surface area contributed by atoms with Gasteiger partial charge in [-0.2, -0.15) is 4.98 Å². The zero-order valence-electron chi connectivity index (χ0n) is 36.9. The molecule has 5 heterocycles. The van der Waals surface area contributed by atoms with Crippen LogP contribution in [-0.2, 0) is 27.0 Å². The van der Waals surface area contributed by atoms with Gasteiger partial charge in [0.15, 0.2) is 0 Å². The summed E-state index contributed by atoms with van der Waals surface area (Å²) < 4.78 is 50.5. The number of aryl methyl sites for hydroxylation is 2. The highest BCUT2D eigenvalue weighted by Gasteiger charge is 2.33. The van der Waals surface area contributed by atoms with Gasteiger partial charge in [0.1, 0.15) is 30.3 Å². The number of anilines is 5. The predicted molar refractivity (Wildman–Crippen MR) is 253 cm³/mol.